The second-order valence-corrected chi connectivity index (χ2v) is 9.20. The minimum atomic E-state index is -0.618. The number of fused-ring (bicyclic) bond motifs is 4. The van der Waals surface area contributed by atoms with Crippen LogP contribution in [0.2, 0.25) is 0 Å². The van der Waals surface area contributed by atoms with Gasteiger partial charge in [-0.05, 0) is 44.9 Å². The maximum atomic E-state index is 14.3. The molecule has 4 N–H and O–H groups in total. The molecule has 6 nitrogen and oxygen atoms in total. The highest BCUT2D eigenvalue weighted by Crippen LogP contribution is 2.37. The molecule has 2 bridgehead atoms. The van der Waals surface area contributed by atoms with E-state index in [1.807, 2.05) is 0 Å². The lowest BCUT2D eigenvalue weighted by atomic mass is 9.76. The summed E-state index contributed by atoms with van der Waals surface area (Å²) >= 11 is 0. The molecular formula is C19H35FN6. The summed E-state index contributed by atoms with van der Waals surface area (Å²) in [5.74, 6) is 1.02. The highest BCUT2D eigenvalue weighted by Gasteiger charge is 2.45. The van der Waals surface area contributed by atoms with Crippen molar-refractivity contribution in [3.8, 4) is 0 Å². The van der Waals surface area contributed by atoms with Gasteiger partial charge in [-0.15, -0.1) is 0 Å². The van der Waals surface area contributed by atoms with Gasteiger partial charge in [0.05, 0.1) is 12.3 Å². The maximum Gasteiger partial charge on any atom is 0.101 e. The number of hydrogen-bond donors (Lipinski definition) is 4. The summed E-state index contributed by atoms with van der Waals surface area (Å²) < 4.78 is 14.3. The van der Waals surface area contributed by atoms with Gasteiger partial charge in [0, 0.05) is 56.8 Å². The van der Waals surface area contributed by atoms with Crippen molar-refractivity contribution in [2.24, 2.45) is 11.8 Å². The molecule has 8 atom stereocenters. The van der Waals surface area contributed by atoms with E-state index in [0.29, 0.717) is 42.3 Å². The van der Waals surface area contributed by atoms with E-state index in [9.17, 15) is 4.39 Å². The zero-order valence-corrected chi connectivity index (χ0v) is 16.0. The first-order valence-corrected chi connectivity index (χ1v) is 10.8. The van der Waals surface area contributed by atoms with Crippen LogP contribution in [0, 0.1) is 11.8 Å². The third-order valence-corrected chi connectivity index (χ3v) is 7.68. The zero-order valence-electron chi connectivity index (χ0n) is 16.0. The number of nitrogens with one attached hydrogen (secondary N) is 4. The average Bonchev–Trinajstić information content (AvgIpc) is 3.01. The first-order valence-electron chi connectivity index (χ1n) is 10.8. The lowest BCUT2D eigenvalue weighted by molar-refractivity contribution is -0.0279. The van der Waals surface area contributed by atoms with Gasteiger partial charge in [-0.3, -0.25) is 21.0 Å². The predicted molar refractivity (Wildman–Crippen MR) is 100 cm³/mol. The van der Waals surface area contributed by atoms with E-state index in [1.54, 1.807) is 0 Å². The van der Waals surface area contributed by atoms with Crippen molar-refractivity contribution in [3.63, 3.8) is 0 Å². The molecule has 0 spiro atoms. The smallest absolute Gasteiger partial charge is 0.101 e. The molecule has 0 amide bonds. The number of alkyl halides is 1. The van der Waals surface area contributed by atoms with Crippen LogP contribution in [0.5, 0.6) is 0 Å². The Bertz CT molecular complexity index is 506. The summed E-state index contributed by atoms with van der Waals surface area (Å²) in [7, 11) is 0. The van der Waals surface area contributed by atoms with Crippen molar-refractivity contribution in [3.05, 3.63) is 0 Å². The lowest BCUT2D eigenvalue weighted by Crippen LogP contribution is -2.65. The van der Waals surface area contributed by atoms with Crippen LogP contribution in [0.25, 0.3) is 0 Å². The van der Waals surface area contributed by atoms with Crippen molar-refractivity contribution in [2.45, 2.75) is 75.7 Å². The molecule has 0 radical (unpaired) electrons. The van der Waals surface area contributed by atoms with Crippen molar-refractivity contribution in [2.75, 3.05) is 32.7 Å². The number of halogens is 1. The first kappa shape index (κ1) is 17.8. The molecule has 1 aliphatic carbocycles. The van der Waals surface area contributed by atoms with Crippen LogP contribution >= 0.6 is 0 Å². The van der Waals surface area contributed by atoms with Crippen LogP contribution in [0.15, 0.2) is 0 Å². The maximum absolute atomic E-state index is 14.3. The fourth-order valence-corrected chi connectivity index (χ4v) is 6.09. The van der Waals surface area contributed by atoms with Gasteiger partial charge in [0.25, 0.3) is 0 Å². The fourth-order valence-electron chi connectivity index (χ4n) is 6.09. The van der Waals surface area contributed by atoms with Crippen LogP contribution in [0.3, 0.4) is 0 Å². The van der Waals surface area contributed by atoms with Crippen LogP contribution in [-0.2, 0) is 0 Å². The minimum Gasteiger partial charge on any atom is -0.315 e. The number of nitrogens with zero attached hydrogens (tertiary/aromatic N) is 2. The van der Waals surface area contributed by atoms with Crippen LogP contribution in [0.4, 0.5) is 4.39 Å². The number of hydrogen-bond acceptors (Lipinski definition) is 6. The van der Waals surface area contributed by atoms with Gasteiger partial charge in [-0.25, -0.2) is 9.40 Å². The fraction of sp³-hybridized carbons (Fsp3) is 1.00. The minimum absolute atomic E-state index is 0.335. The Balaban J connectivity index is 1.37. The molecule has 8 unspecified atom stereocenters. The van der Waals surface area contributed by atoms with Crippen molar-refractivity contribution in [1.82, 2.24) is 31.3 Å². The molecule has 4 heterocycles. The summed E-state index contributed by atoms with van der Waals surface area (Å²) in [5, 5.41) is 13.8. The van der Waals surface area contributed by atoms with E-state index in [1.165, 1.54) is 13.0 Å². The highest BCUT2D eigenvalue weighted by atomic mass is 19.1. The molecule has 7 heteroatoms. The standard InChI is InChI=1S/C19H35FN6/c1-12-16-8-14(20)2-3-17(16)25-6-4-15(25)11-21-9-13-10-22-26-7-5-18(23-12)24-19(13)26/h12-19,21-24H,2-11H2,1H3. The van der Waals surface area contributed by atoms with Crippen LogP contribution in [0.1, 0.15) is 39.0 Å². The van der Waals surface area contributed by atoms with Gasteiger partial charge >= 0.3 is 0 Å². The molecule has 0 aromatic carbocycles. The molecule has 148 valence electrons. The summed E-state index contributed by atoms with van der Waals surface area (Å²) in [6.45, 7) is 7.76. The Morgan fingerprint density at radius 3 is 2.73 bits per heavy atom. The third-order valence-electron chi connectivity index (χ3n) is 7.68. The molecule has 0 aromatic heterocycles. The Kier molecular flexibility index (Phi) is 4.96. The Hall–Kier alpha value is -0.310. The van der Waals surface area contributed by atoms with Gasteiger partial charge in [0.2, 0.25) is 0 Å². The van der Waals surface area contributed by atoms with E-state index in [-0.39, 0.29) is 0 Å². The molecule has 4 saturated heterocycles. The van der Waals surface area contributed by atoms with Gasteiger partial charge in [0.15, 0.2) is 0 Å². The SMILES string of the molecule is CC1NC2CCN3NCC(CNCC4CCN4C4CCC(F)CC14)C3N2. The summed E-state index contributed by atoms with van der Waals surface area (Å²) in [4.78, 5) is 2.69. The van der Waals surface area contributed by atoms with Gasteiger partial charge in [-0.1, -0.05) is 0 Å². The van der Waals surface area contributed by atoms with Crippen molar-refractivity contribution >= 4 is 0 Å². The molecule has 5 fully saturated rings. The molecular weight excluding hydrogens is 331 g/mol. The van der Waals surface area contributed by atoms with Crippen LogP contribution < -0.4 is 21.4 Å². The summed E-state index contributed by atoms with van der Waals surface area (Å²) in [6, 6.07) is 1.54. The Morgan fingerprint density at radius 1 is 0.962 bits per heavy atom. The average molecular weight is 367 g/mol. The molecule has 4 aliphatic heterocycles. The second kappa shape index (κ2) is 7.26. The highest BCUT2D eigenvalue weighted by molar-refractivity contribution is 5.00. The Labute approximate surface area is 156 Å². The summed E-state index contributed by atoms with van der Waals surface area (Å²) in [6.07, 6.45) is 4.99. The second-order valence-electron chi connectivity index (χ2n) is 9.20. The molecule has 0 aromatic rings. The van der Waals surface area contributed by atoms with Gasteiger partial charge < -0.3 is 5.32 Å². The molecule has 26 heavy (non-hydrogen) atoms. The monoisotopic (exact) mass is 366 g/mol. The number of hydrazine groups is 1. The van der Waals surface area contributed by atoms with Crippen LogP contribution in [-0.4, -0.2) is 79.3 Å². The van der Waals surface area contributed by atoms with E-state index in [2.05, 4.69) is 38.2 Å². The van der Waals surface area contributed by atoms with Crippen molar-refractivity contribution < 1.29 is 4.39 Å². The molecule has 1 saturated carbocycles. The first-order chi connectivity index (χ1) is 12.7. The van der Waals surface area contributed by atoms with Crippen molar-refractivity contribution in [1.29, 1.82) is 0 Å². The third kappa shape index (κ3) is 3.20. The largest absolute Gasteiger partial charge is 0.315 e. The topological polar surface area (TPSA) is 54.6 Å². The van der Waals surface area contributed by atoms with E-state index in [0.717, 1.165) is 51.9 Å². The molecule has 5 rings (SSSR count). The van der Waals surface area contributed by atoms with E-state index < -0.39 is 6.17 Å². The predicted octanol–water partition coefficient (Wildman–Crippen LogP) is 0.231. The van der Waals surface area contributed by atoms with Gasteiger partial charge in [-0.2, -0.15) is 0 Å². The quantitative estimate of drug-likeness (QED) is 0.493. The van der Waals surface area contributed by atoms with E-state index >= 15 is 0 Å². The Morgan fingerprint density at radius 2 is 1.88 bits per heavy atom. The number of rotatable bonds is 0. The normalized spacial score (nSPS) is 50.5. The summed E-state index contributed by atoms with van der Waals surface area (Å²) in [5.41, 5.74) is 3.57. The molecule has 5 aliphatic rings. The van der Waals surface area contributed by atoms with E-state index in [4.69, 9.17) is 0 Å². The lowest BCUT2D eigenvalue weighted by Gasteiger charge is -2.52. The van der Waals surface area contributed by atoms with Gasteiger partial charge in [0.1, 0.15) is 6.17 Å². The zero-order chi connectivity index (χ0) is 17.7.